The van der Waals surface area contributed by atoms with E-state index in [9.17, 15) is 9.59 Å². The van der Waals surface area contributed by atoms with Gasteiger partial charge in [-0.3, -0.25) is 9.59 Å². The lowest BCUT2D eigenvalue weighted by Crippen LogP contribution is -2.49. The van der Waals surface area contributed by atoms with E-state index in [0.29, 0.717) is 0 Å². The topological polar surface area (TPSA) is 43.4 Å². The lowest BCUT2D eigenvalue weighted by Gasteiger charge is -2.50. The van der Waals surface area contributed by atoms with Crippen LogP contribution in [0.1, 0.15) is 41.0 Å². The molecule has 3 heteroatoms. The van der Waals surface area contributed by atoms with E-state index in [-0.39, 0.29) is 23.8 Å². The van der Waals surface area contributed by atoms with Crippen LogP contribution in [0.4, 0.5) is 0 Å². The monoisotopic (exact) mass is 290 g/mol. The first-order valence-electron chi connectivity index (χ1n) is 7.58. The Hall–Kier alpha value is -2.42. The number of cyclic esters (lactones) is 2. The van der Waals surface area contributed by atoms with Crippen molar-refractivity contribution in [3.8, 4) is 0 Å². The summed E-state index contributed by atoms with van der Waals surface area (Å²) in [6, 6.07) is 16.3. The summed E-state index contributed by atoms with van der Waals surface area (Å²) in [6.45, 7) is 1.90. The van der Waals surface area contributed by atoms with Crippen molar-refractivity contribution in [3.05, 3.63) is 70.8 Å². The quantitative estimate of drug-likeness (QED) is 0.553. The molecule has 0 aromatic heterocycles. The molecule has 2 bridgehead atoms. The number of benzene rings is 2. The van der Waals surface area contributed by atoms with Gasteiger partial charge in [0.25, 0.3) is 0 Å². The molecule has 0 radical (unpaired) electrons. The fourth-order valence-corrected chi connectivity index (χ4v) is 4.87. The van der Waals surface area contributed by atoms with Crippen molar-refractivity contribution in [1.29, 1.82) is 0 Å². The number of hydrogen-bond acceptors (Lipinski definition) is 3. The second-order valence-corrected chi connectivity index (χ2v) is 6.64. The first kappa shape index (κ1) is 12.2. The Kier molecular flexibility index (Phi) is 2.03. The average molecular weight is 290 g/mol. The van der Waals surface area contributed by atoms with Crippen LogP contribution in [0.3, 0.4) is 0 Å². The third-order valence-corrected chi connectivity index (χ3v) is 5.75. The summed E-state index contributed by atoms with van der Waals surface area (Å²) >= 11 is 0. The van der Waals surface area contributed by atoms with Crippen LogP contribution in [0.25, 0.3) is 0 Å². The summed E-state index contributed by atoms with van der Waals surface area (Å²) in [4.78, 5) is 24.9. The Bertz CT molecular complexity index is 806. The third-order valence-electron chi connectivity index (χ3n) is 5.75. The molecule has 1 aliphatic heterocycles. The number of carbonyl (C=O) groups excluding carboxylic acids is 2. The highest BCUT2D eigenvalue weighted by Crippen LogP contribution is 2.66. The minimum absolute atomic E-state index is 0.0821. The predicted molar refractivity (Wildman–Crippen MR) is 79.3 cm³/mol. The second-order valence-electron chi connectivity index (χ2n) is 6.64. The zero-order valence-electron chi connectivity index (χ0n) is 12.1. The normalized spacial score (nSPS) is 34.0. The van der Waals surface area contributed by atoms with Crippen LogP contribution in [0.2, 0.25) is 0 Å². The van der Waals surface area contributed by atoms with Gasteiger partial charge in [0.15, 0.2) is 0 Å². The minimum Gasteiger partial charge on any atom is -0.392 e. The van der Waals surface area contributed by atoms with Gasteiger partial charge in [-0.05, 0) is 29.2 Å². The number of ether oxygens (including phenoxy) is 1. The zero-order chi connectivity index (χ0) is 15.1. The van der Waals surface area contributed by atoms with Crippen molar-refractivity contribution >= 4 is 11.9 Å². The molecule has 3 nitrogen and oxygen atoms in total. The maximum absolute atomic E-state index is 12.5. The predicted octanol–water partition coefficient (Wildman–Crippen LogP) is 2.98. The molecule has 1 heterocycles. The van der Waals surface area contributed by atoms with Crippen molar-refractivity contribution in [1.82, 2.24) is 0 Å². The van der Waals surface area contributed by atoms with Crippen LogP contribution in [-0.4, -0.2) is 11.9 Å². The molecule has 2 atom stereocenters. The fraction of sp³-hybridized carbons (Fsp3) is 0.263. The fourth-order valence-electron chi connectivity index (χ4n) is 4.87. The van der Waals surface area contributed by atoms with Crippen LogP contribution >= 0.6 is 0 Å². The van der Waals surface area contributed by atoms with Gasteiger partial charge in [0.05, 0.1) is 11.3 Å². The second kappa shape index (κ2) is 3.67. The summed E-state index contributed by atoms with van der Waals surface area (Å²) in [6.07, 6.45) is 0. The van der Waals surface area contributed by atoms with E-state index >= 15 is 0 Å². The molecule has 2 aromatic carbocycles. The van der Waals surface area contributed by atoms with Gasteiger partial charge in [-0.2, -0.15) is 0 Å². The van der Waals surface area contributed by atoms with Crippen molar-refractivity contribution in [2.45, 2.75) is 18.8 Å². The van der Waals surface area contributed by atoms with E-state index in [4.69, 9.17) is 4.74 Å². The summed E-state index contributed by atoms with van der Waals surface area (Å²) < 4.78 is 5.08. The Labute approximate surface area is 127 Å². The van der Waals surface area contributed by atoms with E-state index in [0.717, 1.165) is 11.1 Å². The van der Waals surface area contributed by atoms with Crippen molar-refractivity contribution in [3.63, 3.8) is 0 Å². The molecule has 2 unspecified atom stereocenters. The molecule has 3 aliphatic carbocycles. The molecule has 6 rings (SSSR count). The molecular formula is C19H14O3. The summed E-state index contributed by atoms with van der Waals surface area (Å²) in [5, 5.41) is 0. The zero-order valence-corrected chi connectivity index (χ0v) is 12.1. The first-order valence-corrected chi connectivity index (χ1v) is 7.58. The highest BCUT2D eigenvalue weighted by molar-refractivity contribution is 6.02. The molecule has 1 fully saturated rings. The van der Waals surface area contributed by atoms with Gasteiger partial charge in [0, 0.05) is 11.8 Å². The smallest absolute Gasteiger partial charge is 0.321 e. The van der Waals surface area contributed by atoms with Crippen LogP contribution in [0, 0.1) is 11.3 Å². The molecule has 1 saturated heterocycles. The average Bonchev–Trinajstić information content (AvgIpc) is 2.77. The van der Waals surface area contributed by atoms with E-state index in [1.165, 1.54) is 11.1 Å². The molecule has 0 N–H and O–H groups in total. The molecular weight excluding hydrogens is 276 g/mol. The van der Waals surface area contributed by atoms with Gasteiger partial charge < -0.3 is 4.74 Å². The first-order chi connectivity index (χ1) is 10.6. The molecule has 2 aromatic rings. The molecule has 0 saturated carbocycles. The van der Waals surface area contributed by atoms with Crippen molar-refractivity contribution in [2.75, 3.05) is 0 Å². The minimum atomic E-state index is -0.787. The molecule has 0 spiro atoms. The number of rotatable bonds is 0. The highest BCUT2D eigenvalue weighted by Gasteiger charge is 2.67. The maximum atomic E-state index is 12.5. The van der Waals surface area contributed by atoms with Gasteiger partial charge in [-0.1, -0.05) is 48.5 Å². The van der Waals surface area contributed by atoms with Crippen LogP contribution in [-0.2, 0) is 14.3 Å². The molecule has 4 aliphatic rings. The van der Waals surface area contributed by atoms with Crippen LogP contribution < -0.4 is 0 Å². The number of esters is 2. The standard InChI is InChI=1S/C19H14O3/c1-19-15-12-8-4-2-6-10(12)14(11-7-3-5-9-13(11)15)16(19)17(20)22-18(19)21/h2-9,14-16H,1H3. The van der Waals surface area contributed by atoms with Gasteiger partial charge in [0.2, 0.25) is 0 Å². The van der Waals surface area contributed by atoms with Crippen molar-refractivity contribution < 1.29 is 14.3 Å². The Morgan fingerprint density at radius 3 is 1.91 bits per heavy atom. The maximum Gasteiger partial charge on any atom is 0.321 e. The van der Waals surface area contributed by atoms with E-state index < -0.39 is 11.3 Å². The van der Waals surface area contributed by atoms with E-state index in [1.54, 1.807) is 0 Å². The largest absolute Gasteiger partial charge is 0.392 e. The third kappa shape index (κ3) is 1.12. The lowest BCUT2D eigenvalue weighted by atomic mass is 9.48. The van der Waals surface area contributed by atoms with Crippen molar-refractivity contribution in [2.24, 2.45) is 11.3 Å². The summed E-state index contributed by atoms with van der Waals surface area (Å²) in [5.41, 5.74) is 3.87. The van der Waals surface area contributed by atoms with Gasteiger partial charge in [-0.25, -0.2) is 0 Å². The number of hydrogen-bond donors (Lipinski definition) is 0. The lowest BCUT2D eigenvalue weighted by molar-refractivity contribution is -0.155. The van der Waals surface area contributed by atoms with Gasteiger partial charge in [0.1, 0.15) is 0 Å². The number of carbonyl (C=O) groups is 2. The SMILES string of the molecule is CC12C(=O)OC(=O)C1C1c3ccccc3C2c2ccccc21. The molecule has 22 heavy (non-hydrogen) atoms. The van der Waals surface area contributed by atoms with Crippen LogP contribution in [0.15, 0.2) is 48.5 Å². The molecule has 0 amide bonds. The van der Waals surface area contributed by atoms with Crippen LogP contribution in [0.5, 0.6) is 0 Å². The highest BCUT2D eigenvalue weighted by atomic mass is 16.6. The Morgan fingerprint density at radius 2 is 1.36 bits per heavy atom. The molecule has 108 valence electrons. The summed E-state index contributed by atoms with van der Waals surface area (Å²) in [5.74, 6) is -1.34. The Morgan fingerprint density at radius 1 is 0.864 bits per heavy atom. The van der Waals surface area contributed by atoms with Gasteiger partial charge >= 0.3 is 11.9 Å². The summed E-state index contributed by atoms with van der Waals surface area (Å²) in [7, 11) is 0. The Balaban J connectivity index is 1.92. The van der Waals surface area contributed by atoms with Gasteiger partial charge in [-0.15, -0.1) is 0 Å². The van der Waals surface area contributed by atoms with E-state index in [1.807, 2.05) is 31.2 Å². The van der Waals surface area contributed by atoms with E-state index in [2.05, 4.69) is 24.3 Å².